The molecule has 0 saturated heterocycles. The molecule has 2 aromatic carbocycles. The van der Waals surface area contributed by atoms with Crippen LogP contribution in [0.3, 0.4) is 0 Å². The third-order valence-electron chi connectivity index (χ3n) is 2.99. The molecule has 0 aliphatic heterocycles. The highest BCUT2D eigenvalue weighted by atomic mass is 32.2. The van der Waals surface area contributed by atoms with E-state index in [4.69, 9.17) is 0 Å². The Balaban J connectivity index is 2.83. The minimum absolute atomic E-state index is 0.355. The smallest absolute Gasteiger partial charge is 0.207 e. The van der Waals surface area contributed by atoms with Gasteiger partial charge in [-0.1, -0.05) is 37.3 Å². The monoisotopic (exact) mass is 262 g/mol. The second-order valence-corrected chi connectivity index (χ2v) is 6.39. The SMILES string of the molecule is C[CH]c1cccc2c(S(=O)(=O)N(C)C)cccc12. The number of hydrogen-bond donors (Lipinski definition) is 0. The summed E-state index contributed by atoms with van der Waals surface area (Å²) in [5, 5.41) is 1.73. The number of benzene rings is 2. The number of nitrogens with zero attached hydrogens (tertiary/aromatic N) is 1. The summed E-state index contributed by atoms with van der Waals surface area (Å²) in [4.78, 5) is 0.355. The predicted octanol–water partition coefficient (Wildman–Crippen LogP) is 2.66. The Morgan fingerprint density at radius 3 is 2.22 bits per heavy atom. The highest BCUT2D eigenvalue weighted by molar-refractivity contribution is 7.89. The molecular weight excluding hydrogens is 246 g/mol. The van der Waals surface area contributed by atoms with Crippen LogP contribution in [-0.4, -0.2) is 26.8 Å². The van der Waals surface area contributed by atoms with Crippen LogP contribution in [-0.2, 0) is 10.0 Å². The molecule has 0 N–H and O–H groups in total. The summed E-state index contributed by atoms with van der Waals surface area (Å²) in [6.07, 6.45) is 1.98. The second kappa shape index (κ2) is 4.71. The number of rotatable bonds is 3. The molecule has 0 spiro atoms. The first-order chi connectivity index (χ1) is 8.48. The van der Waals surface area contributed by atoms with E-state index >= 15 is 0 Å². The molecule has 0 amide bonds. The Hall–Kier alpha value is -1.39. The maximum Gasteiger partial charge on any atom is 0.243 e. The van der Waals surface area contributed by atoms with E-state index in [1.807, 2.05) is 37.6 Å². The maximum atomic E-state index is 12.3. The van der Waals surface area contributed by atoms with Gasteiger partial charge in [-0.2, -0.15) is 0 Å². The fourth-order valence-electron chi connectivity index (χ4n) is 1.98. The number of sulfonamides is 1. The van der Waals surface area contributed by atoms with Gasteiger partial charge in [0.2, 0.25) is 10.0 Å². The lowest BCUT2D eigenvalue weighted by molar-refractivity contribution is 0.521. The molecule has 0 atom stereocenters. The van der Waals surface area contributed by atoms with Crippen LogP contribution < -0.4 is 0 Å². The van der Waals surface area contributed by atoms with E-state index < -0.39 is 10.0 Å². The Morgan fingerprint density at radius 2 is 1.61 bits per heavy atom. The van der Waals surface area contributed by atoms with Crippen molar-refractivity contribution in [1.29, 1.82) is 0 Å². The van der Waals surface area contributed by atoms with Crippen LogP contribution in [0.5, 0.6) is 0 Å². The van der Waals surface area contributed by atoms with Crippen LogP contribution in [0.2, 0.25) is 0 Å². The van der Waals surface area contributed by atoms with Crippen molar-refractivity contribution in [2.45, 2.75) is 11.8 Å². The van der Waals surface area contributed by atoms with Crippen LogP contribution in [0.25, 0.3) is 10.8 Å². The van der Waals surface area contributed by atoms with Crippen molar-refractivity contribution in [3.8, 4) is 0 Å². The summed E-state index contributed by atoms with van der Waals surface area (Å²) in [7, 11) is -0.318. The van der Waals surface area contributed by atoms with E-state index in [2.05, 4.69) is 0 Å². The first kappa shape index (κ1) is 13.1. The normalized spacial score (nSPS) is 12.2. The summed E-state index contributed by atoms with van der Waals surface area (Å²) in [6, 6.07) is 11.1. The van der Waals surface area contributed by atoms with E-state index in [1.165, 1.54) is 4.31 Å². The van der Waals surface area contributed by atoms with Gasteiger partial charge < -0.3 is 0 Å². The van der Waals surface area contributed by atoms with E-state index in [0.717, 1.165) is 16.3 Å². The van der Waals surface area contributed by atoms with Crippen molar-refractivity contribution in [2.75, 3.05) is 14.1 Å². The molecule has 3 nitrogen and oxygen atoms in total. The zero-order valence-corrected chi connectivity index (χ0v) is 11.5. The lowest BCUT2D eigenvalue weighted by Gasteiger charge is -2.14. The van der Waals surface area contributed by atoms with Gasteiger partial charge in [0.1, 0.15) is 0 Å². The standard InChI is InChI=1S/C14H16NO2S/c1-4-11-7-5-9-13-12(11)8-6-10-14(13)18(16,17)15(2)3/h4-10H,1-3H3. The van der Waals surface area contributed by atoms with Gasteiger partial charge in [0.15, 0.2) is 0 Å². The van der Waals surface area contributed by atoms with Crippen molar-refractivity contribution < 1.29 is 8.42 Å². The lowest BCUT2D eigenvalue weighted by Crippen LogP contribution is -2.22. The van der Waals surface area contributed by atoms with Crippen LogP contribution in [0, 0.1) is 6.42 Å². The van der Waals surface area contributed by atoms with Gasteiger partial charge in [-0.3, -0.25) is 0 Å². The average Bonchev–Trinajstić information content (AvgIpc) is 2.36. The van der Waals surface area contributed by atoms with Gasteiger partial charge in [-0.05, 0) is 23.4 Å². The second-order valence-electron chi connectivity index (χ2n) is 4.27. The summed E-state index contributed by atoms with van der Waals surface area (Å²) in [6.45, 7) is 1.95. The molecule has 0 bridgehead atoms. The molecule has 95 valence electrons. The molecule has 0 aromatic heterocycles. The van der Waals surface area contributed by atoms with E-state index in [0.29, 0.717) is 4.90 Å². The van der Waals surface area contributed by atoms with Crippen molar-refractivity contribution in [3.63, 3.8) is 0 Å². The molecule has 4 heteroatoms. The van der Waals surface area contributed by atoms with Gasteiger partial charge in [0.25, 0.3) is 0 Å². The maximum absolute atomic E-state index is 12.3. The molecule has 0 aliphatic rings. The summed E-state index contributed by atoms with van der Waals surface area (Å²) >= 11 is 0. The highest BCUT2D eigenvalue weighted by Crippen LogP contribution is 2.27. The molecule has 0 unspecified atom stereocenters. The Kier molecular flexibility index (Phi) is 3.41. The first-order valence-corrected chi connectivity index (χ1v) is 7.16. The minimum Gasteiger partial charge on any atom is -0.207 e. The zero-order valence-electron chi connectivity index (χ0n) is 10.7. The van der Waals surface area contributed by atoms with Crippen molar-refractivity contribution in [1.82, 2.24) is 4.31 Å². The molecule has 2 aromatic rings. The summed E-state index contributed by atoms with van der Waals surface area (Å²) < 4.78 is 25.8. The van der Waals surface area contributed by atoms with E-state index in [9.17, 15) is 8.42 Å². The highest BCUT2D eigenvalue weighted by Gasteiger charge is 2.20. The number of hydrogen-bond acceptors (Lipinski definition) is 2. The summed E-state index contributed by atoms with van der Waals surface area (Å²) in [5.41, 5.74) is 1.04. The van der Waals surface area contributed by atoms with Gasteiger partial charge >= 0.3 is 0 Å². The van der Waals surface area contributed by atoms with Crippen molar-refractivity contribution in [3.05, 3.63) is 48.4 Å². The van der Waals surface area contributed by atoms with Crippen LogP contribution in [0.1, 0.15) is 12.5 Å². The van der Waals surface area contributed by atoms with Crippen molar-refractivity contribution >= 4 is 20.8 Å². The van der Waals surface area contributed by atoms with Gasteiger partial charge in [0, 0.05) is 19.5 Å². The minimum atomic E-state index is -3.41. The molecule has 18 heavy (non-hydrogen) atoms. The first-order valence-electron chi connectivity index (χ1n) is 5.72. The molecule has 0 heterocycles. The molecule has 2 rings (SSSR count). The number of fused-ring (bicyclic) bond motifs is 1. The quantitative estimate of drug-likeness (QED) is 0.852. The van der Waals surface area contributed by atoms with E-state index in [-0.39, 0.29) is 0 Å². The largest absolute Gasteiger partial charge is 0.243 e. The Labute approximate surface area is 108 Å². The topological polar surface area (TPSA) is 37.4 Å². The lowest BCUT2D eigenvalue weighted by atomic mass is 10.0. The molecule has 0 fully saturated rings. The summed E-state index contributed by atoms with van der Waals surface area (Å²) in [5.74, 6) is 0. The Bertz CT molecular complexity index is 675. The molecule has 1 radical (unpaired) electrons. The molecular formula is C14H16NO2S. The fourth-order valence-corrected chi connectivity index (χ4v) is 3.08. The third-order valence-corrected chi connectivity index (χ3v) is 4.86. The van der Waals surface area contributed by atoms with Crippen LogP contribution in [0.4, 0.5) is 0 Å². The van der Waals surface area contributed by atoms with E-state index in [1.54, 1.807) is 26.2 Å². The molecule has 0 saturated carbocycles. The molecule has 0 aliphatic carbocycles. The fraction of sp³-hybridized carbons (Fsp3) is 0.214. The van der Waals surface area contributed by atoms with Crippen LogP contribution >= 0.6 is 0 Å². The predicted molar refractivity (Wildman–Crippen MR) is 73.9 cm³/mol. The average molecular weight is 262 g/mol. The zero-order chi connectivity index (χ0) is 13.3. The van der Waals surface area contributed by atoms with Gasteiger partial charge in [-0.15, -0.1) is 0 Å². The van der Waals surface area contributed by atoms with Gasteiger partial charge in [-0.25, -0.2) is 12.7 Å². The van der Waals surface area contributed by atoms with Crippen molar-refractivity contribution in [2.24, 2.45) is 0 Å². The Morgan fingerprint density at radius 1 is 1.00 bits per heavy atom. The van der Waals surface area contributed by atoms with Crippen LogP contribution in [0.15, 0.2) is 41.3 Å². The third kappa shape index (κ3) is 2.02. The van der Waals surface area contributed by atoms with Gasteiger partial charge in [0.05, 0.1) is 4.90 Å².